The predicted molar refractivity (Wildman–Crippen MR) is 78.0 cm³/mol. The molecule has 0 spiro atoms. The van der Waals surface area contributed by atoms with Gasteiger partial charge in [0.05, 0.1) is 24.9 Å². The van der Waals surface area contributed by atoms with Gasteiger partial charge in [-0.15, -0.1) is 6.42 Å². The van der Waals surface area contributed by atoms with Crippen molar-refractivity contribution in [2.24, 2.45) is 0 Å². The van der Waals surface area contributed by atoms with Crippen molar-refractivity contribution in [3.05, 3.63) is 34.9 Å². The molecule has 0 amide bonds. The maximum Gasteiger partial charge on any atom is 0.0898 e. The van der Waals surface area contributed by atoms with Gasteiger partial charge in [-0.1, -0.05) is 35.7 Å². The van der Waals surface area contributed by atoms with Crippen LogP contribution in [0.1, 0.15) is 19.4 Å². The second-order valence-corrected chi connectivity index (χ2v) is 5.32. The van der Waals surface area contributed by atoms with E-state index in [1.807, 2.05) is 38.1 Å². The standard InChI is InChI=1S/C15H20ClNO2/c1-4-15(2,3)17-9-13(18)11-19-10-12-7-5-6-8-14(12)16/h1,5-8,13,17-18H,9-11H2,2-3H3. The third-order valence-electron chi connectivity index (χ3n) is 2.67. The molecule has 0 bridgehead atoms. The van der Waals surface area contributed by atoms with E-state index in [2.05, 4.69) is 11.2 Å². The van der Waals surface area contributed by atoms with Gasteiger partial charge in [0.1, 0.15) is 0 Å². The van der Waals surface area contributed by atoms with Crippen LogP contribution in [0, 0.1) is 12.3 Å². The van der Waals surface area contributed by atoms with E-state index in [-0.39, 0.29) is 6.61 Å². The number of ether oxygens (including phenoxy) is 1. The summed E-state index contributed by atoms with van der Waals surface area (Å²) < 4.78 is 5.44. The van der Waals surface area contributed by atoms with Crippen molar-refractivity contribution in [1.82, 2.24) is 5.32 Å². The van der Waals surface area contributed by atoms with Crippen molar-refractivity contribution in [3.8, 4) is 12.3 Å². The fraction of sp³-hybridized carbons (Fsp3) is 0.467. The normalized spacial score (nSPS) is 13.0. The van der Waals surface area contributed by atoms with Crippen molar-refractivity contribution in [2.75, 3.05) is 13.2 Å². The molecule has 3 nitrogen and oxygen atoms in total. The van der Waals surface area contributed by atoms with E-state index in [9.17, 15) is 5.11 Å². The van der Waals surface area contributed by atoms with E-state index in [0.717, 1.165) is 5.56 Å². The predicted octanol–water partition coefficient (Wildman–Crippen LogP) is 2.22. The molecule has 19 heavy (non-hydrogen) atoms. The molecule has 0 saturated heterocycles. The van der Waals surface area contributed by atoms with Crippen molar-refractivity contribution < 1.29 is 9.84 Å². The first-order chi connectivity index (χ1) is 8.94. The molecule has 104 valence electrons. The van der Waals surface area contributed by atoms with E-state index in [1.54, 1.807) is 0 Å². The van der Waals surface area contributed by atoms with Crippen LogP contribution in [0.3, 0.4) is 0 Å². The number of aliphatic hydroxyl groups is 1. The minimum absolute atomic E-state index is 0.235. The lowest BCUT2D eigenvalue weighted by Gasteiger charge is -2.22. The Morgan fingerprint density at radius 2 is 2.16 bits per heavy atom. The van der Waals surface area contributed by atoms with Crippen LogP contribution >= 0.6 is 11.6 Å². The van der Waals surface area contributed by atoms with E-state index in [0.29, 0.717) is 18.2 Å². The summed E-state index contributed by atoms with van der Waals surface area (Å²) >= 11 is 6.00. The minimum Gasteiger partial charge on any atom is -0.389 e. The summed E-state index contributed by atoms with van der Waals surface area (Å²) in [6, 6.07) is 7.48. The van der Waals surface area contributed by atoms with Gasteiger partial charge in [0.2, 0.25) is 0 Å². The van der Waals surface area contributed by atoms with Crippen LogP contribution in [-0.4, -0.2) is 29.9 Å². The summed E-state index contributed by atoms with van der Waals surface area (Å²) in [5, 5.41) is 13.5. The van der Waals surface area contributed by atoms with E-state index < -0.39 is 11.6 Å². The van der Waals surface area contributed by atoms with E-state index in [1.165, 1.54) is 0 Å². The Morgan fingerprint density at radius 3 is 2.79 bits per heavy atom. The fourth-order valence-electron chi connectivity index (χ4n) is 1.40. The van der Waals surface area contributed by atoms with Crippen LogP contribution in [0.4, 0.5) is 0 Å². The summed E-state index contributed by atoms with van der Waals surface area (Å²) in [6.45, 7) is 4.77. The Morgan fingerprint density at radius 1 is 1.47 bits per heavy atom. The SMILES string of the molecule is C#CC(C)(C)NCC(O)COCc1ccccc1Cl. The maximum atomic E-state index is 9.77. The Balaban J connectivity index is 2.27. The number of rotatable bonds is 7. The van der Waals surface area contributed by atoms with Gasteiger partial charge in [-0.25, -0.2) is 0 Å². The van der Waals surface area contributed by atoms with Crippen LogP contribution in [0.5, 0.6) is 0 Å². The molecule has 1 unspecified atom stereocenters. The third kappa shape index (κ3) is 6.09. The van der Waals surface area contributed by atoms with Gasteiger partial charge in [0.25, 0.3) is 0 Å². The lowest BCUT2D eigenvalue weighted by Crippen LogP contribution is -2.43. The first-order valence-electron chi connectivity index (χ1n) is 6.16. The molecule has 0 aliphatic rings. The maximum absolute atomic E-state index is 9.77. The molecule has 0 radical (unpaired) electrons. The largest absolute Gasteiger partial charge is 0.389 e. The highest BCUT2D eigenvalue weighted by Gasteiger charge is 2.15. The number of nitrogens with one attached hydrogen (secondary N) is 1. The highest BCUT2D eigenvalue weighted by molar-refractivity contribution is 6.31. The number of halogens is 1. The molecule has 0 aromatic heterocycles. The Hall–Kier alpha value is -1.05. The molecular weight excluding hydrogens is 262 g/mol. The highest BCUT2D eigenvalue weighted by Crippen LogP contribution is 2.15. The van der Waals surface area contributed by atoms with Crippen LogP contribution in [0.2, 0.25) is 5.02 Å². The van der Waals surface area contributed by atoms with Crippen molar-refractivity contribution in [2.45, 2.75) is 32.1 Å². The van der Waals surface area contributed by atoms with Crippen molar-refractivity contribution >= 4 is 11.6 Å². The Kier molecular flexibility index (Phi) is 6.33. The lowest BCUT2D eigenvalue weighted by atomic mass is 10.1. The van der Waals surface area contributed by atoms with Gasteiger partial charge >= 0.3 is 0 Å². The number of hydrogen-bond donors (Lipinski definition) is 2. The van der Waals surface area contributed by atoms with Gasteiger partial charge < -0.3 is 9.84 Å². The monoisotopic (exact) mass is 281 g/mol. The zero-order chi connectivity index (χ0) is 14.3. The van der Waals surface area contributed by atoms with Gasteiger partial charge in [-0.05, 0) is 25.5 Å². The molecule has 2 N–H and O–H groups in total. The molecule has 4 heteroatoms. The molecule has 1 rings (SSSR count). The molecular formula is C15H20ClNO2. The first kappa shape index (κ1) is 16.0. The summed E-state index contributed by atoms with van der Waals surface area (Å²) in [4.78, 5) is 0. The van der Waals surface area contributed by atoms with Crippen molar-refractivity contribution in [3.63, 3.8) is 0 Å². The topological polar surface area (TPSA) is 41.5 Å². The second-order valence-electron chi connectivity index (χ2n) is 4.91. The van der Waals surface area contributed by atoms with Crippen LogP contribution in [0.25, 0.3) is 0 Å². The van der Waals surface area contributed by atoms with Crippen LogP contribution in [0.15, 0.2) is 24.3 Å². The number of hydrogen-bond acceptors (Lipinski definition) is 3. The summed E-state index contributed by atoms with van der Waals surface area (Å²) in [5.74, 6) is 2.61. The molecule has 0 fully saturated rings. The molecule has 1 aromatic rings. The van der Waals surface area contributed by atoms with Gasteiger partial charge in [0.15, 0.2) is 0 Å². The fourth-order valence-corrected chi connectivity index (χ4v) is 1.59. The Labute approximate surface area is 119 Å². The third-order valence-corrected chi connectivity index (χ3v) is 3.03. The van der Waals surface area contributed by atoms with Gasteiger partial charge in [-0.3, -0.25) is 5.32 Å². The lowest BCUT2D eigenvalue weighted by molar-refractivity contribution is 0.0270. The van der Waals surface area contributed by atoms with Gasteiger partial charge in [-0.2, -0.15) is 0 Å². The number of β-amino-alcohol motifs (C(OH)–C–C–N with tert-alkyl or cyclic N) is 1. The summed E-state index contributed by atoms with van der Waals surface area (Å²) in [6.07, 6.45) is 4.74. The quantitative estimate of drug-likeness (QED) is 0.753. The summed E-state index contributed by atoms with van der Waals surface area (Å²) in [5.41, 5.74) is 0.484. The van der Waals surface area contributed by atoms with E-state index >= 15 is 0 Å². The molecule has 0 heterocycles. The zero-order valence-electron chi connectivity index (χ0n) is 11.3. The van der Waals surface area contributed by atoms with Crippen LogP contribution < -0.4 is 5.32 Å². The molecule has 1 aromatic carbocycles. The molecule has 0 saturated carbocycles. The smallest absolute Gasteiger partial charge is 0.0898 e. The molecule has 0 aliphatic heterocycles. The van der Waals surface area contributed by atoms with Crippen molar-refractivity contribution in [1.29, 1.82) is 0 Å². The minimum atomic E-state index is -0.602. The molecule has 1 atom stereocenters. The number of terminal acetylenes is 1. The Bertz CT molecular complexity index is 440. The highest BCUT2D eigenvalue weighted by atomic mass is 35.5. The average molecular weight is 282 g/mol. The first-order valence-corrected chi connectivity index (χ1v) is 6.54. The zero-order valence-corrected chi connectivity index (χ0v) is 12.1. The number of benzene rings is 1. The van der Waals surface area contributed by atoms with E-state index in [4.69, 9.17) is 22.8 Å². The average Bonchev–Trinajstić information content (AvgIpc) is 2.39. The second kappa shape index (κ2) is 7.52. The van der Waals surface area contributed by atoms with Crippen LogP contribution in [-0.2, 0) is 11.3 Å². The molecule has 0 aliphatic carbocycles. The van der Waals surface area contributed by atoms with Gasteiger partial charge in [0, 0.05) is 11.6 Å². The summed E-state index contributed by atoms with van der Waals surface area (Å²) in [7, 11) is 0. The number of aliphatic hydroxyl groups excluding tert-OH is 1.